The van der Waals surface area contributed by atoms with Gasteiger partial charge in [0.25, 0.3) is 0 Å². The van der Waals surface area contributed by atoms with Crippen molar-refractivity contribution in [3.8, 4) is 34.1 Å². The standard InChI is InChI=1S/C30H29FN6O3S/c1-18-24-15-33-37(28(24)13-27(34-18)25-14-32-10-9-29(25)40-3)30-12-23(36-16-21(19(36)2)17-41(4,38)39)11-26(35-30)20-5-7-22(31)8-6-20/h5-15,19,21H,16-17H2,1-4H3/t19-,21-/m1/s1. The monoisotopic (exact) mass is 572 g/mol. The molecule has 1 saturated heterocycles. The number of fused-ring (bicyclic) bond motifs is 1. The molecule has 41 heavy (non-hydrogen) atoms. The van der Waals surface area contributed by atoms with Gasteiger partial charge in [0.15, 0.2) is 5.82 Å². The molecule has 9 nitrogen and oxygen atoms in total. The van der Waals surface area contributed by atoms with Gasteiger partial charge in [-0.05, 0) is 56.3 Å². The van der Waals surface area contributed by atoms with Gasteiger partial charge in [-0.2, -0.15) is 5.10 Å². The van der Waals surface area contributed by atoms with Gasteiger partial charge in [-0.1, -0.05) is 0 Å². The number of benzene rings is 1. The minimum Gasteiger partial charge on any atom is -0.496 e. The Morgan fingerprint density at radius 2 is 1.83 bits per heavy atom. The van der Waals surface area contributed by atoms with Gasteiger partial charge in [0.2, 0.25) is 0 Å². The molecular weight excluding hydrogens is 543 g/mol. The maximum Gasteiger partial charge on any atom is 0.156 e. The molecule has 1 fully saturated rings. The van der Waals surface area contributed by atoms with Crippen LogP contribution in [0.25, 0.3) is 39.2 Å². The van der Waals surface area contributed by atoms with Crippen molar-refractivity contribution in [2.24, 2.45) is 5.92 Å². The van der Waals surface area contributed by atoms with E-state index in [0.29, 0.717) is 29.5 Å². The summed E-state index contributed by atoms with van der Waals surface area (Å²) in [7, 11) is -1.48. The maximum atomic E-state index is 13.7. The van der Waals surface area contributed by atoms with Gasteiger partial charge in [-0.25, -0.2) is 22.5 Å². The summed E-state index contributed by atoms with van der Waals surface area (Å²) in [5.41, 5.74) is 5.34. The minimum atomic E-state index is -3.09. The van der Waals surface area contributed by atoms with Crippen LogP contribution in [-0.2, 0) is 9.84 Å². The largest absolute Gasteiger partial charge is 0.496 e. The molecule has 1 aliphatic heterocycles. The SMILES string of the molecule is COc1ccncc1-c1cc2c(cnn2-c2cc(N3C[C@H](CS(C)(=O)=O)[C@H]3C)cc(-c3ccc(F)cc3)n2)c(C)n1. The molecule has 6 rings (SSSR count). The van der Waals surface area contributed by atoms with Crippen molar-refractivity contribution in [3.05, 3.63) is 78.6 Å². The number of pyridine rings is 3. The number of aryl methyl sites for hydroxylation is 1. The molecule has 0 unspecified atom stereocenters. The van der Waals surface area contributed by atoms with Gasteiger partial charge in [0.1, 0.15) is 21.4 Å². The number of anilines is 1. The Morgan fingerprint density at radius 1 is 1.05 bits per heavy atom. The highest BCUT2D eigenvalue weighted by Gasteiger charge is 2.38. The zero-order chi connectivity index (χ0) is 28.9. The fraction of sp³-hybridized carbons (Fsp3) is 0.267. The summed E-state index contributed by atoms with van der Waals surface area (Å²) >= 11 is 0. The Kier molecular flexibility index (Phi) is 6.69. The first-order valence-electron chi connectivity index (χ1n) is 13.2. The molecule has 5 aromatic rings. The number of halogens is 1. The average molecular weight is 573 g/mol. The number of sulfone groups is 1. The summed E-state index contributed by atoms with van der Waals surface area (Å²) in [6, 6.07) is 13.9. The molecule has 0 bridgehead atoms. The smallest absolute Gasteiger partial charge is 0.156 e. The van der Waals surface area contributed by atoms with Crippen LogP contribution in [0, 0.1) is 18.7 Å². The van der Waals surface area contributed by atoms with Crippen molar-refractivity contribution >= 4 is 26.4 Å². The van der Waals surface area contributed by atoms with E-state index in [1.807, 2.05) is 32.0 Å². The van der Waals surface area contributed by atoms with E-state index in [2.05, 4.69) is 15.0 Å². The van der Waals surface area contributed by atoms with Gasteiger partial charge >= 0.3 is 0 Å². The lowest BCUT2D eigenvalue weighted by molar-refractivity contribution is 0.341. The van der Waals surface area contributed by atoms with E-state index >= 15 is 0 Å². The van der Waals surface area contributed by atoms with E-state index in [9.17, 15) is 12.8 Å². The summed E-state index contributed by atoms with van der Waals surface area (Å²) in [6.07, 6.45) is 6.43. The second-order valence-electron chi connectivity index (χ2n) is 10.5. The van der Waals surface area contributed by atoms with Crippen molar-refractivity contribution < 1.29 is 17.5 Å². The van der Waals surface area contributed by atoms with Crippen LogP contribution in [0.4, 0.5) is 10.1 Å². The topological polar surface area (TPSA) is 103 Å². The number of ether oxygens (including phenoxy) is 1. The van der Waals surface area contributed by atoms with Crippen molar-refractivity contribution in [3.63, 3.8) is 0 Å². The molecule has 210 valence electrons. The fourth-order valence-corrected chi connectivity index (χ4v) is 6.57. The molecule has 0 aliphatic carbocycles. The van der Waals surface area contributed by atoms with Crippen molar-refractivity contribution in [2.75, 3.05) is 30.6 Å². The molecule has 5 heterocycles. The van der Waals surface area contributed by atoms with Crippen molar-refractivity contribution in [2.45, 2.75) is 19.9 Å². The summed E-state index contributed by atoms with van der Waals surface area (Å²) < 4.78 is 44.9. The van der Waals surface area contributed by atoms with E-state index in [4.69, 9.17) is 14.7 Å². The van der Waals surface area contributed by atoms with Crippen molar-refractivity contribution in [1.29, 1.82) is 0 Å². The lowest BCUT2D eigenvalue weighted by Crippen LogP contribution is -2.57. The normalized spacial score (nSPS) is 17.0. The van der Waals surface area contributed by atoms with Crippen LogP contribution in [0.5, 0.6) is 5.75 Å². The number of nitrogens with zero attached hydrogens (tertiary/aromatic N) is 6. The van der Waals surface area contributed by atoms with Gasteiger partial charge in [0.05, 0.1) is 41.5 Å². The second-order valence-corrected chi connectivity index (χ2v) is 12.7. The van der Waals surface area contributed by atoms with Gasteiger partial charge < -0.3 is 9.64 Å². The summed E-state index contributed by atoms with van der Waals surface area (Å²) in [6.45, 7) is 4.56. The fourth-order valence-electron chi connectivity index (χ4n) is 5.41. The van der Waals surface area contributed by atoms with E-state index < -0.39 is 9.84 Å². The third-order valence-corrected chi connectivity index (χ3v) is 8.68. The molecule has 0 N–H and O–H groups in total. The quantitative estimate of drug-likeness (QED) is 0.272. The Morgan fingerprint density at radius 3 is 2.54 bits per heavy atom. The maximum absolute atomic E-state index is 13.7. The molecule has 2 atom stereocenters. The van der Waals surface area contributed by atoms with Crippen LogP contribution < -0.4 is 9.64 Å². The predicted octanol–water partition coefficient (Wildman–Crippen LogP) is 4.87. The van der Waals surface area contributed by atoms with Gasteiger partial charge in [-0.3, -0.25) is 9.97 Å². The van der Waals surface area contributed by atoms with Gasteiger partial charge in [-0.15, -0.1) is 0 Å². The molecule has 0 amide bonds. The predicted molar refractivity (Wildman–Crippen MR) is 157 cm³/mol. The number of hydrogen-bond acceptors (Lipinski definition) is 8. The Bertz CT molecular complexity index is 1870. The number of hydrogen-bond donors (Lipinski definition) is 0. The second kappa shape index (κ2) is 10.2. The Balaban J connectivity index is 1.48. The van der Waals surface area contributed by atoms with Crippen LogP contribution in [0.3, 0.4) is 0 Å². The summed E-state index contributed by atoms with van der Waals surface area (Å²) in [5.74, 6) is 1.08. The summed E-state index contributed by atoms with van der Waals surface area (Å²) in [4.78, 5) is 16.1. The third kappa shape index (κ3) is 5.13. The molecule has 1 aromatic carbocycles. The summed E-state index contributed by atoms with van der Waals surface area (Å²) in [5, 5.41) is 5.56. The van der Waals surface area contributed by atoms with Crippen LogP contribution >= 0.6 is 0 Å². The first-order valence-corrected chi connectivity index (χ1v) is 15.2. The Hall–Kier alpha value is -4.38. The number of aromatic nitrogens is 5. The first kappa shape index (κ1) is 26.8. The zero-order valence-corrected chi connectivity index (χ0v) is 23.9. The molecule has 4 aromatic heterocycles. The molecule has 11 heteroatoms. The highest BCUT2D eigenvalue weighted by molar-refractivity contribution is 7.90. The molecular formula is C30H29FN6O3S. The average Bonchev–Trinajstić information content (AvgIpc) is 3.39. The first-order chi connectivity index (χ1) is 19.6. The van der Waals surface area contributed by atoms with E-state index in [1.54, 1.807) is 48.6 Å². The minimum absolute atomic E-state index is 0.0199. The Labute approximate surface area is 237 Å². The molecule has 0 saturated carbocycles. The van der Waals surface area contributed by atoms with Crippen LogP contribution in [-0.4, -0.2) is 64.9 Å². The molecule has 0 spiro atoms. The lowest BCUT2D eigenvalue weighted by atomic mass is 9.91. The van der Waals surface area contributed by atoms with E-state index in [1.165, 1.54) is 18.4 Å². The molecule has 0 radical (unpaired) electrons. The highest BCUT2D eigenvalue weighted by atomic mass is 32.2. The van der Waals surface area contributed by atoms with Crippen LogP contribution in [0.15, 0.2) is 67.1 Å². The highest BCUT2D eigenvalue weighted by Crippen LogP contribution is 2.36. The lowest BCUT2D eigenvalue weighted by Gasteiger charge is -2.48. The van der Waals surface area contributed by atoms with Crippen LogP contribution in [0.1, 0.15) is 12.6 Å². The van der Waals surface area contributed by atoms with E-state index in [0.717, 1.165) is 33.4 Å². The molecule has 1 aliphatic rings. The number of methoxy groups -OCH3 is 1. The van der Waals surface area contributed by atoms with Crippen molar-refractivity contribution in [1.82, 2.24) is 24.7 Å². The van der Waals surface area contributed by atoms with Crippen LogP contribution in [0.2, 0.25) is 0 Å². The van der Waals surface area contributed by atoms with E-state index in [-0.39, 0.29) is 23.5 Å². The third-order valence-electron chi connectivity index (χ3n) is 7.64. The zero-order valence-electron chi connectivity index (χ0n) is 23.1. The number of rotatable bonds is 7. The van der Waals surface area contributed by atoms with Gasteiger partial charge in [0, 0.05) is 65.6 Å².